The van der Waals surface area contributed by atoms with Gasteiger partial charge in [-0.15, -0.1) is 0 Å². The van der Waals surface area contributed by atoms with E-state index in [0.717, 1.165) is 0 Å². The SMILES string of the molecule is CCCS(=O)(=O)c1ccc(C(=O)N2CC[C@H](C(=O)O)C2)cc1. The highest BCUT2D eigenvalue weighted by atomic mass is 32.2. The average Bonchev–Trinajstić information content (AvgIpc) is 2.96. The number of sulfone groups is 1. The van der Waals surface area contributed by atoms with E-state index in [1.54, 1.807) is 6.92 Å². The third kappa shape index (κ3) is 3.47. The second-order valence-corrected chi connectivity index (χ2v) is 7.53. The first-order chi connectivity index (χ1) is 10.3. The van der Waals surface area contributed by atoms with Crippen molar-refractivity contribution in [2.75, 3.05) is 18.8 Å². The van der Waals surface area contributed by atoms with E-state index in [1.165, 1.54) is 29.2 Å². The highest BCUT2D eigenvalue weighted by molar-refractivity contribution is 7.91. The molecule has 0 spiro atoms. The van der Waals surface area contributed by atoms with Crippen molar-refractivity contribution in [2.45, 2.75) is 24.7 Å². The minimum atomic E-state index is -3.29. The summed E-state index contributed by atoms with van der Waals surface area (Å²) in [6, 6.07) is 5.84. The summed E-state index contributed by atoms with van der Waals surface area (Å²) in [6.07, 6.45) is 0.984. The standard InChI is InChI=1S/C15H19NO5S/c1-2-9-22(20,21)13-5-3-11(4-6-13)14(17)16-8-7-12(10-16)15(18)19/h3-6,12H,2,7-10H2,1H3,(H,18,19)/t12-/m0/s1. The molecule has 1 atom stereocenters. The molecule has 0 bridgehead atoms. The minimum Gasteiger partial charge on any atom is -0.481 e. The average molecular weight is 325 g/mol. The number of aliphatic carboxylic acids is 1. The molecule has 1 heterocycles. The Labute approximate surface area is 129 Å². The quantitative estimate of drug-likeness (QED) is 0.884. The Kier molecular flexibility index (Phi) is 4.85. The van der Waals surface area contributed by atoms with Gasteiger partial charge >= 0.3 is 5.97 Å². The number of benzene rings is 1. The van der Waals surface area contributed by atoms with Gasteiger partial charge in [0.15, 0.2) is 9.84 Å². The highest BCUT2D eigenvalue weighted by Crippen LogP contribution is 2.20. The number of carbonyl (C=O) groups is 2. The topological polar surface area (TPSA) is 91.8 Å². The number of carboxylic acids is 1. The molecule has 2 rings (SSSR count). The molecule has 1 aliphatic rings. The molecule has 1 amide bonds. The first-order valence-electron chi connectivity index (χ1n) is 7.20. The molecule has 120 valence electrons. The van der Waals surface area contributed by atoms with Gasteiger partial charge in [0.2, 0.25) is 0 Å². The van der Waals surface area contributed by atoms with Crippen LogP contribution < -0.4 is 0 Å². The number of amides is 1. The first-order valence-corrected chi connectivity index (χ1v) is 8.85. The minimum absolute atomic E-state index is 0.0761. The Morgan fingerprint density at radius 3 is 2.41 bits per heavy atom. The second-order valence-electron chi connectivity index (χ2n) is 5.42. The number of carboxylic acid groups (broad SMARTS) is 1. The lowest BCUT2D eigenvalue weighted by Crippen LogP contribution is -2.29. The van der Waals surface area contributed by atoms with Crippen LogP contribution in [-0.4, -0.2) is 49.1 Å². The molecule has 6 nitrogen and oxygen atoms in total. The summed E-state index contributed by atoms with van der Waals surface area (Å²) < 4.78 is 23.9. The fourth-order valence-electron chi connectivity index (χ4n) is 2.52. The predicted molar refractivity (Wildman–Crippen MR) is 80.4 cm³/mol. The van der Waals surface area contributed by atoms with Crippen molar-refractivity contribution in [2.24, 2.45) is 5.92 Å². The van der Waals surface area contributed by atoms with Crippen LogP contribution >= 0.6 is 0 Å². The lowest BCUT2D eigenvalue weighted by atomic mass is 10.1. The highest BCUT2D eigenvalue weighted by Gasteiger charge is 2.31. The van der Waals surface area contributed by atoms with Crippen LogP contribution in [0.4, 0.5) is 0 Å². The summed E-state index contributed by atoms with van der Waals surface area (Å²) in [5.41, 5.74) is 0.376. The van der Waals surface area contributed by atoms with Crippen molar-refractivity contribution < 1.29 is 23.1 Å². The molecule has 0 aliphatic carbocycles. The fourth-order valence-corrected chi connectivity index (χ4v) is 3.84. The summed E-state index contributed by atoms with van der Waals surface area (Å²) in [7, 11) is -3.29. The van der Waals surface area contributed by atoms with Gasteiger partial charge in [-0.05, 0) is 37.1 Å². The van der Waals surface area contributed by atoms with E-state index in [2.05, 4.69) is 0 Å². The Morgan fingerprint density at radius 1 is 1.27 bits per heavy atom. The summed E-state index contributed by atoms with van der Waals surface area (Å²) in [5.74, 6) is -1.60. The molecular formula is C15H19NO5S. The zero-order valence-electron chi connectivity index (χ0n) is 12.4. The van der Waals surface area contributed by atoms with Gasteiger partial charge in [-0.3, -0.25) is 9.59 Å². The van der Waals surface area contributed by atoms with Gasteiger partial charge in [0.1, 0.15) is 0 Å². The molecule has 22 heavy (non-hydrogen) atoms. The Bertz CT molecular complexity index is 666. The zero-order chi connectivity index (χ0) is 16.3. The number of rotatable bonds is 5. The van der Waals surface area contributed by atoms with Gasteiger partial charge in [-0.2, -0.15) is 0 Å². The van der Waals surface area contributed by atoms with Gasteiger partial charge in [-0.1, -0.05) is 6.92 Å². The number of hydrogen-bond acceptors (Lipinski definition) is 4. The third-order valence-corrected chi connectivity index (χ3v) is 5.69. The van der Waals surface area contributed by atoms with E-state index in [-0.39, 0.29) is 23.1 Å². The molecule has 0 unspecified atom stereocenters. The zero-order valence-corrected chi connectivity index (χ0v) is 13.2. The monoisotopic (exact) mass is 325 g/mol. The van der Waals surface area contributed by atoms with Crippen molar-refractivity contribution in [3.63, 3.8) is 0 Å². The third-order valence-electron chi connectivity index (χ3n) is 3.76. The molecule has 1 aliphatic heterocycles. The van der Waals surface area contributed by atoms with Crippen LogP contribution in [0.5, 0.6) is 0 Å². The van der Waals surface area contributed by atoms with Crippen LogP contribution in [0.1, 0.15) is 30.1 Å². The normalized spacial score (nSPS) is 18.4. The lowest BCUT2D eigenvalue weighted by molar-refractivity contribution is -0.141. The molecule has 1 aromatic carbocycles. The van der Waals surface area contributed by atoms with Gasteiger partial charge in [0, 0.05) is 18.7 Å². The van der Waals surface area contributed by atoms with Crippen LogP contribution in [0, 0.1) is 5.92 Å². The van der Waals surface area contributed by atoms with E-state index < -0.39 is 21.7 Å². The lowest BCUT2D eigenvalue weighted by Gasteiger charge is -2.16. The van der Waals surface area contributed by atoms with Crippen LogP contribution in [0.3, 0.4) is 0 Å². The van der Waals surface area contributed by atoms with Gasteiger partial charge in [0.25, 0.3) is 5.91 Å². The fraction of sp³-hybridized carbons (Fsp3) is 0.467. The van der Waals surface area contributed by atoms with Crippen LogP contribution in [0.15, 0.2) is 29.2 Å². The van der Waals surface area contributed by atoms with Crippen LogP contribution in [-0.2, 0) is 14.6 Å². The number of likely N-dealkylation sites (tertiary alicyclic amines) is 1. The summed E-state index contributed by atoms with van der Waals surface area (Å²) >= 11 is 0. The van der Waals surface area contributed by atoms with Crippen LogP contribution in [0.25, 0.3) is 0 Å². The maximum Gasteiger partial charge on any atom is 0.308 e. The molecule has 1 N–H and O–H groups in total. The van der Waals surface area contributed by atoms with Crippen molar-refractivity contribution in [1.82, 2.24) is 4.90 Å². The van der Waals surface area contributed by atoms with E-state index in [4.69, 9.17) is 5.11 Å². The molecular weight excluding hydrogens is 306 g/mol. The summed E-state index contributed by atoms with van der Waals surface area (Å²) in [5, 5.41) is 8.96. The maximum atomic E-state index is 12.3. The van der Waals surface area contributed by atoms with Crippen molar-refractivity contribution >= 4 is 21.7 Å². The Balaban J connectivity index is 2.11. The van der Waals surface area contributed by atoms with Gasteiger partial charge < -0.3 is 10.0 Å². The van der Waals surface area contributed by atoms with E-state index in [9.17, 15) is 18.0 Å². The van der Waals surface area contributed by atoms with E-state index in [0.29, 0.717) is 24.9 Å². The second kappa shape index (κ2) is 6.48. The molecule has 0 radical (unpaired) electrons. The largest absolute Gasteiger partial charge is 0.481 e. The summed E-state index contributed by atoms with van der Waals surface area (Å²) in [6.45, 7) is 2.40. The molecule has 1 fully saturated rings. The number of nitrogens with zero attached hydrogens (tertiary/aromatic N) is 1. The molecule has 1 aromatic rings. The molecule has 0 saturated carbocycles. The van der Waals surface area contributed by atoms with E-state index in [1.807, 2.05) is 0 Å². The first kappa shape index (κ1) is 16.5. The number of carbonyl (C=O) groups excluding carboxylic acids is 1. The van der Waals surface area contributed by atoms with Crippen molar-refractivity contribution in [3.8, 4) is 0 Å². The van der Waals surface area contributed by atoms with Crippen LogP contribution in [0.2, 0.25) is 0 Å². The molecule has 7 heteroatoms. The van der Waals surface area contributed by atoms with Gasteiger partial charge in [-0.25, -0.2) is 8.42 Å². The maximum absolute atomic E-state index is 12.3. The number of hydrogen-bond donors (Lipinski definition) is 1. The molecule has 0 aromatic heterocycles. The van der Waals surface area contributed by atoms with Gasteiger partial charge in [0.05, 0.1) is 16.6 Å². The van der Waals surface area contributed by atoms with Crippen molar-refractivity contribution in [1.29, 1.82) is 0 Å². The van der Waals surface area contributed by atoms with Crippen molar-refractivity contribution in [3.05, 3.63) is 29.8 Å². The summed E-state index contributed by atoms with van der Waals surface area (Å²) in [4.78, 5) is 24.9. The molecule has 1 saturated heterocycles. The predicted octanol–water partition coefficient (Wildman–Crippen LogP) is 1.42. The smallest absolute Gasteiger partial charge is 0.308 e. The Morgan fingerprint density at radius 2 is 1.91 bits per heavy atom. The van der Waals surface area contributed by atoms with E-state index >= 15 is 0 Å². The Hall–Kier alpha value is -1.89.